The molecule has 39 heavy (non-hydrogen) atoms. The molecule has 10 heteroatoms. The minimum absolute atomic E-state index is 0.00504. The van der Waals surface area contributed by atoms with Crippen LogP contribution in [0.15, 0.2) is 85.2 Å². The first kappa shape index (κ1) is 25.9. The molecule has 1 fully saturated rings. The van der Waals surface area contributed by atoms with E-state index in [0.29, 0.717) is 36.6 Å². The Morgan fingerprint density at radius 1 is 1.03 bits per heavy atom. The zero-order chi connectivity index (χ0) is 27.2. The number of amides is 2. The number of likely N-dealkylation sites (tertiary alicyclic amines) is 1. The first-order valence-corrected chi connectivity index (χ1v) is 12.6. The van der Waals surface area contributed by atoms with Crippen LogP contribution in [-0.4, -0.2) is 51.4 Å². The van der Waals surface area contributed by atoms with Gasteiger partial charge in [0.2, 0.25) is 11.8 Å². The summed E-state index contributed by atoms with van der Waals surface area (Å²) in [5.41, 5.74) is 1.66. The Morgan fingerprint density at radius 2 is 1.77 bits per heavy atom. The van der Waals surface area contributed by atoms with Crippen LogP contribution in [0.25, 0.3) is 0 Å². The third-order valence-electron chi connectivity index (χ3n) is 6.61. The lowest BCUT2D eigenvalue weighted by Crippen LogP contribution is -2.44. The standard InChI is InChI=1S/C29H28FN5O4/c1-38-26-4-2-3-20(16-26)15-21-17-27(35(18-21)28(36)19-34-14-13-31-33-34)29(37)32-23-7-11-25(12-8-23)39-24-9-5-22(30)6-10-24/h2-14,16,21,27H,15,17-19H2,1H3,(H,32,37)/t21-,27+/m1/s1. The van der Waals surface area contributed by atoms with Crippen LogP contribution in [0.4, 0.5) is 10.1 Å². The van der Waals surface area contributed by atoms with E-state index in [1.807, 2.05) is 24.3 Å². The average Bonchev–Trinajstić information content (AvgIpc) is 3.61. The Hall–Kier alpha value is -4.73. The summed E-state index contributed by atoms with van der Waals surface area (Å²) >= 11 is 0. The molecule has 2 atom stereocenters. The van der Waals surface area contributed by atoms with E-state index in [1.54, 1.807) is 42.5 Å². The molecule has 0 saturated carbocycles. The molecule has 1 aliphatic rings. The summed E-state index contributed by atoms with van der Waals surface area (Å²) in [7, 11) is 1.63. The Bertz CT molecular complexity index is 1410. The Kier molecular flexibility index (Phi) is 7.81. The number of nitrogens with one attached hydrogen (secondary N) is 1. The number of ether oxygens (including phenoxy) is 2. The second-order valence-corrected chi connectivity index (χ2v) is 9.39. The Morgan fingerprint density at radius 3 is 2.46 bits per heavy atom. The van der Waals surface area contributed by atoms with Crippen molar-refractivity contribution in [2.75, 3.05) is 19.0 Å². The number of hydrogen-bond donors (Lipinski definition) is 1. The van der Waals surface area contributed by atoms with Crippen LogP contribution in [0, 0.1) is 11.7 Å². The predicted molar refractivity (Wildman–Crippen MR) is 142 cm³/mol. The molecule has 0 bridgehead atoms. The fraction of sp³-hybridized carbons (Fsp3) is 0.241. The lowest BCUT2D eigenvalue weighted by molar-refractivity contribution is -0.137. The SMILES string of the molecule is COc1cccc(C[C@@H]2C[C@@H](C(=O)Nc3ccc(Oc4ccc(F)cc4)cc3)N(C(=O)Cn3ccnn3)C2)c1. The van der Waals surface area contributed by atoms with Gasteiger partial charge in [0.1, 0.15) is 35.7 Å². The molecule has 1 saturated heterocycles. The third kappa shape index (κ3) is 6.59. The van der Waals surface area contributed by atoms with Gasteiger partial charge in [-0.1, -0.05) is 17.3 Å². The van der Waals surface area contributed by atoms with Crippen molar-refractivity contribution in [1.29, 1.82) is 0 Å². The molecule has 0 radical (unpaired) electrons. The number of rotatable bonds is 9. The zero-order valence-electron chi connectivity index (χ0n) is 21.4. The highest BCUT2D eigenvalue weighted by Gasteiger charge is 2.39. The largest absolute Gasteiger partial charge is 0.497 e. The minimum Gasteiger partial charge on any atom is -0.497 e. The quantitative estimate of drug-likeness (QED) is 0.347. The molecule has 4 aromatic rings. The highest BCUT2D eigenvalue weighted by Crippen LogP contribution is 2.29. The smallest absolute Gasteiger partial charge is 0.247 e. The number of methoxy groups -OCH3 is 1. The molecule has 0 spiro atoms. The van der Waals surface area contributed by atoms with Crippen molar-refractivity contribution in [1.82, 2.24) is 19.9 Å². The van der Waals surface area contributed by atoms with Crippen molar-refractivity contribution in [2.24, 2.45) is 5.92 Å². The molecule has 2 amide bonds. The summed E-state index contributed by atoms with van der Waals surface area (Å²) in [5.74, 6) is 1.11. The van der Waals surface area contributed by atoms with Crippen molar-refractivity contribution in [3.05, 3.63) is 96.6 Å². The Labute approximate surface area is 225 Å². The highest BCUT2D eigenvalue weighted by molar-refractivity contribution is 5.97. The van der Waals surface area contributed by atoms with Crippen molar-refractivity contribution < 1.29 is 23.5 Å². The maximum absolute atomic E-state index is 13.4. The Balaban J connectivity index is 1.27. The number of carbonyl (C=O) groups excluding carboxylic acids is 2. The van der Waals surface area contributed by atoms with Crippen molar-refractivity contribution in [2.45, 2.75) is 25.4 Å². The van der Waals surface area contributed by atoms with Gasteiger partial charge < -0.3 is 19.7 Å². The van der Waals surface area contributed by atoms with Crippen LogP contribution in [0.2, 0.25) is 0 Å². The molecule has 0 unspecified atom stereocenters. The summed E-state index contributed by atoms with van der Waals surface area (Å²) in [5, 5.41) is 10.6. The first-order chi connectivity index (χ1) is 19.0. The number of nitrogens with zero attached hydrogens (tertiary/aromatic N) is 4. The maximum atomic E-state index is 13.4. The molecule has 1 N–H and O–H groups in total. The predicted octanol–water partition coefficient (Wildman–Crippen LogP) is 4.32. The number of carbonyl (C=O) groups is 2. The number of benzene rings is 3. The first-order valence-electron chi connectivity index (χ1n) is 12.6. The molecular formula is C29H28FN5O4. The van der Waals surface area contributed by atoms with E-state index in [1.165, 1.54) is 35.1 Å². The number of anilines is 1. The van der Waals surface area contributed by atoms with Crippen LogP contribution in [0.5, 0.6) is 17.2 Å². The van der Waals surface area contributed by atoms with Gasteiger partial charge in [0.15, 0.2) is 0 Å². The van der Waals surface area contributed by atoms with Crippen LogP contribution in [-0.2, 0) is 22.6 Å². The summed E-state index contributed by atoms with van der Waals surface area (Å²) in [4.78, 5) is 28.3. The third-order valence-corrected chi connectivity index (χ3v) is 6.61. The van der Waals surface area contributed by atoms with E-state index in [2.05, 4.69) is 15.6 Å². The summed E-state index contributed by atoms with van der Waals surface area (Å²) in [6.07, 6.45) is 4.37. The number of aromatic nitrogens is 3. The van der Waals surface area contributed by atoms with E-state index >= 15 is 0 Å². The van der Waals surface area contributed by atoms with Crippen LogP contribution in [0.1, 0.15) is 12.0 Å². The molecule has 3 aromatic carbocycles. The zero-order valence-corrected chi connectivity index (χ0v) is 21.4. The second kappa shape index (κ2) is 11.8. The van der Waals surface area contributed by atoms with E-state index < -0.39 is 6.04 Å². The van der Waals surface area contributed by atoms with E-state index in [-0.39, 0.29) is 30.1 Å². The minimum atomic E-state index is -0.633. The summed E-state index contributed by atoms with van der Waals surface area (Å²) < 4.78 is 25.6. The monoisotopic (exact) mass is 529 g/mol. The van der Waals surface area contributed by atoms with Crippen molar-refractivity contribution >= 4 is 17.5 Å². The van der Waals surface area contributed by atoms with Gasteiger partial charge in [-0.2, -0.15) is 0 Å². The summed E-state index contributed by atoms with van der Waals surface area (Å²) in [6, 6.07) is 19.8. The van der Waals surface area contributed by atoms with Gasteiger partial charge in [-0.3, -0.25) is 9.59 Å². The molecule has 5 rings (SSSR count). The highest BCUT2D eigenvalue weighted by atomic mass is 19.1. The fourth-order valence-corrected chi connectivity index (χ4v) is 4.74. The van der Waals surface area contributed by atoms with Gasteiger partial charge in [0, 0.05) is 18.4 Å². The van der Waals surface area contributed by atoms with E-state index in [0.717, 1.165) is 11.3 Å². The van der Waals surface area contributed by atoms with E-state index in [4.69, 9.17) is 9.47 Å². The number of halogens is 1. The molecule has 9 nitrogen and oxygen atoms in total. The van der Waals surface area contributed by atoms with E-state index in [9.17, 15) is 14.0 Å². The lowest BCUT2D eigenvalue weighted by Gasteiger charge is -2.24. The number of hydrogen-bond acceptors (Lipinski definition) is 6. The summed E-state index contributed by atoms with van der Waals surface area (Å²) in [6.45, 7) is 0.457. The van der Waals surface area contributed by atoms with Gasteiger partial charge in [-0.25, -0.2) is 9.07 Å². The lowest BCUT2D eigenvalue weighted by atomic mass is 9.96. The molecule has 0 aliphatic carbocycles. The van der Waals surface area contributed by atoms with Crippen LogP contribution in [0.3, 0.4) is 0 Å². The second-order valence-electron chi connectivity index (χ2n) is 9.39. The fourth-order valence-electron chi connectivity index (χ4n) is 4.74. The maximum Gasteiger partial charge on any atom is 0.247 e. The van der Waals surface area contributed by atoms with Crippen LogP contribution < -0.4 is 14.8 Å². The topological polar surface area (TPSA) is 98.6 Å². The van der Waals surface area contributed by atoms with Gasteiger partial charge in [0.05, 0.1) is 13.3 Å². The normalized spacial score (nSPS) is 16.6. The molecule has 200 valence electrons. The van der Waals surface area contributed by atoms with Crippen molar-refractivity contribution in [3.63, 3.8) is 0 Å². The van der Waals surface area contributed by atoms with Gasteiger partial charge in [0.25, 0.3) is 0 Å². The molecule has 1 aromatic heterocycles. The van der Waals surface area contributed by atoms with Crippen LogP contribution >= 0.6 is 0 Å². The van der Waals surface area contributed by atoms with Crippen molar-refractivity contribution in [3.8, 4) is 17.2 Å². The average molecular weight is 530 g/mol. The molecule has 1 aliphatic heterocycles. The van der Waals surface area contributed by atoms with Gasteiger partial charge in [-0.15, -0.1) is 5.10 Å². The molecule has 2 heterocycles. The molecular weight excluding hydrogens is 501 g/mol. The van der Waals surface area contributed by atoms with Gasteiger partial charge >= 0.3 is 0 Å². The van der Waals surface area contributed by atoms with Gasteiger partial charge in [-0.05, 0) is 85.0 Å².